The van der Waals surface area contributed by atoms with Gasteiger partial charge in [-0.1, -0.05) is 0 Å². The second-order valence-electron chi connectivity index (χ2n) is 4.56. The van der Waals surface area contributed by atoms with Crippen molar-refractivity contribution in [3.63, 3.8) is 0 Å². The molecule has 2 rings (SSSR count). The first-order valence-corrected chi connectivity index (χ1v) is 5.72. The maximum absolute atomic E-state index is 11.7. The fraction of sp³-hybridized carbons (Fsp3) is 0.818. The van der Waals surface area contributed by atoms with Gasteiger partial charge in [-0.25, -0.2) is 0 Å². The van der Waals surface area contributed by atoms with Gasteiger partial charge in [-0.05, 0) is 25.7 Å². The summed E-state index contributed by atoms with van der Waals surface area (Å²) in [5.41, 5.74) is 0. The van der Waals surface area contributed by atoms with Crippen LogP contribution in [-0.4, -0.2) is 35.8 Å². The van der Waals surface area contributed by atoms with E-state index in [1.54, 1.807) is 6.92 Å². The van der Waals surface area contributed by atoms with Crippen molar-refractivity contribution < 1.29 is 9.59 Å². The van der Waals surface area contributed by atoms with Crippen LogP contribution in [0, 0.1) is 5.92 Å². The first-order valence-electron chi connectivity index (χ1n) is 5.72. The monoisotopic (exact) mass is 210 g/mol. The van der Waals surface area contributed by atoms with Gasteiger partial charge in [-0.2, -0.15) is 0 Å². The Balaban J connectivity index is 1.76. The predicted octanol–water partition coefficient (Wildman–Crippen LogP) is 0.523. The zero-order valence-corrected chi connectivity index (χ0v) is 9.16. The molecule has 0 spiro atoms. The maximum Gasteiger partial charge on any atom is 0.223 e. The molecule has 1 aliphatic heterocycles. The van der Waals surface area contributed by atoms with E-state index < -0.39 is 0 Å². The molecule has 2 aliphatic rings. The molecule has 4 heteroatoms. The van der Waals surface area contributed by atoms with Gasteiger partial charge in [0.2, 0.25) is 11.8 Å². The highest BCUT2D eigenvalue weighted by molar-refractivity contribution is 5.80. The molecule has 4 nitrogen and oxygen atoms in total. The van der Waals surface area contributed by atoms with E-state index in [1.807, 2.05) is 4.90 Å². The quantitative estimate of drug-likeness (QED) is 0.722. The van der Waals surface area contributed by atoms with Gasteiger partial charge in [0, 0.05) is 32.0 Å². The van der Waals surface area contributed by atoms with Crippen LogP contribution in [-0.2, 0) is 9.59 Å². The van der Waals surface area contributed by atoms with E-state index in [0.717, 1.165) is 38.8 Å². The van der Waals surface area contributed by atoms with Gasteiger partial charge >= 0.3 is 0 Å². The Kier molecular flexibility index (Phi) is 2.93. The van der Waals surface area contributed by atoms with Crippen molar-refractivity contribution in [2.45, 2.75) is 38.6 Å². The molecule has 2 amide bonds. The number of amides is 2. The highest BCUT2D eigenvalue weighted by atomic mass is 16.2. The number of carbonyl (C=O) groups is 2. The smallest absolute Gasteiger partial charge is 0.223 e. The van der Waals surface area contributed by atoms with Crippen LogP contribution in [0.25, 0.3) is 0 Å². The van der Waals surface area contributed by atoms with Crippen LogP contribution in [0.2, 0.25) is 0 Å². The third kappa shape index (κ3) is 2.70. The second kappa shape index (κ2) is 4.21. The number of hydrogen-bond acceptors (Lipinski definition) is 2. The van der Waals surface area contributed by atoms with Gasteiger partial charge in [0.1, 0.15) is 0 Å². The Hall–Kier alpha value is -1.06. The summed E-state index contributed by atoms with van der Waals surface area (Å²) in [6.07, 6.45) is 3.91. The topological polar surface area (TPSA) is 49.4 Å². The maximum atomic E-state index is 11.7. The van der Waals surface area contributed by atoms with E-state index in [4.69, 9.17) is 0 Å². The molecule has 1 heterocycles. The number of nitrogens with one attached hydrogen (secondary N) is 1. The van der Waals surface area contributed by atoms with E-state index in [1.165, 1.54) is 0 Å². The van der Waals surface area contributed by atoms with Crippen LogP contribution in [0.1, 0.15) is 32.6 Å². The average molecular weight is 210 g/mol. The Bertz CT molecular complexity index is 266. The molecule has 1 saturated carbocycles. The van der Waals surface area contributed by atoms with E-state index in [2.05, 4.69) is 5.32 Å². The Morgan fingerprint density at radius 1 is 1.13 bits per heavy atom. The van der Waals surface area contributed by atoms with Gasteiger partial charge in [0.25, 0.3) is 0 Å². The molecular formula is C11H18N2O2. The Morgan fingerprint density at radius 3 is 2.20 bits per heavy atom. The summed E-state index contributed by atoms with van der Waals surface area (Å²) in [7, 11) is 0. The summed E-state index contributed by atoms with van der Waals surface area (Å²) in [5, 5.41) is 3.03. The predicted molar refractivity (Wildman–Crippen MR) is 56.1 cm³/mol. The minimum Gasteiger partial charge on any atom is -0.353 e. The Labute approximate surface area is 90.0 Å². The third-order valence-electron chi connectivity index (χ3n) is 3.23. The van der Waals surface area contributed by atoms with Crippen molar-refractivity contribution in [3.05, 3.63) is 0 Å². The normalized spacial score (nSPS) is 22.6. The highest BCUT2D eigenvalue weighted by Gasteiger charge is 2.30. The van der Waals surface area contributed by atoms with Crippen LogP contribution < -0.4 is 5.32 Å². The lowest BCUT2D eigenvalue weighted by molar-refractivity contribution is -0.134. The molecule has 84 valence electrons. The van der Waals surface area contributed by atoms with Crippen molar-refractivity contribution in [2.75, 3.05) is 13.1 Å². The lowest BCUT2D eigenvalue weighted by Crippen LogP contribution is -2.42. The summed E-state index contributed by atoms with van der Waals surface area (Å²) in [6, 6.07) is 0.448. The molecule has 0 bridgehead atoms. The molecule has 1 saturated heterocycles. The number of rotatable bonds is 2. The average Bonchev–Trinajstić information content (AvgIpc) is 3.02. The Morgan fingerprint density at radius 2 is 1.73 bits per heavy atom. The highest BCUT2D eigenvalue weighted by Crippen LogP contribution is 2.22. The van der Waals surface area contributed by atoms with E-state index >= 15 is 0 Å². The summed E-state index contributed by atoms with van der Waals surface area (Å²) < 4.78 is 0. The van der Waals surface area contributed by atoms with Crippen molar-refractivity contribution >= 4 is 11.8 Å². The molecule has 2 fully saturated rings. The summed E-state index contributed by atoms with van der Waals surface area (Å²) in [4.78, 5) is 24.6. The first-order chi connectivity index (χ1) is 7.16. The number of nitrogens with zero attached hydrogens (tertiary/aromatic N) is 1. The number of piperidine rings is 1. The largest absolute Gasteiger partial charge is 0.353 e. The SMILES string of the molecule is CC(=O)N1CCC(C(=O)NC2CC2)CC1. The standard InChI is InChI=1S/C11H18N2O2/c1-8(14)13-6-4-9(5-7-13)11(15)12-10-2-3-10/h9-10H,2-7H2,1H3,(H,12,15). The molecule has 1 N–H and O–H groups in total. The molecule has 0 aromatic carbocycles. The molecular weight excluding hydrogens is 192 g/mol. The zero-order chi connectivity index (χ0) is 10.8. The van der Waals surface area contributed by atoms with Crippen molar-refractivity contribution in [1.82, 2.24) is 10.2 Å². The molecule has 0 radical (unpaired) electrons. The van der Waals surface area contributed by atoms with Crippen molar-refractivity contribution in [1.29, 1.82) is 0 Å². The van der Waals surface area contributed by atoms with Crippen LogP contribution in [0.15, 0.2) is 0 Å². The third-order valence-corrected chi connectivity index (χ3v) is 3.23. The second-order valence-corrected chi connectivity index (χ2v) is 4.56. The minimum absolute atomic E-state index is 0.121. The molecule has 0 unspecified atom stereocenters. The lowest BCUT2D eigenvalue weighted by atomic mass is 9.96. The van der Waals surface area contributed by atoms with Gasteiger partial charge in [0.05, 0.1) is 0 Å². The summed E-state index contributed by atoms with van der Waals surface area (Å²) in [5.74, 6) is 0.443. The van der Waals surface area contributed by atoms with Gasteiger partial charge in [-0.3, -0.25) is 9.59 Å². The van der Waals surface area contributed by atoms with Crippen molar-refractivity contribution in [2.24, 2.45) is 5.92 Å². The lowest BCUT2D eigenvalue weighted by Gasteiger charge is -2.30. The number of carbonyl (C=O) groups excluding carboxylic acids is 2. The summed E-state index contributed by atoms with van der Waals surface area (Å²) in [6.45, 7) is 3.06. The molecule has 0 aromatic heterocycles. The van der Waals surface area contributed by atoms with Crippen LogP contribution >= 0.6 is 0 Å². The van der Waals surface area contributed by atoms with Gasteiger partial charge in [-0.15, -0.1) is 0 Å². The van der Waals surface area contributed by atoms with Crippen LogP contribution in [0.5, 0.6) is 0 Å². The number of likely N-dealkylation sites (tertiary alicyclic amines) is 1. The number of hydrogen-bond donors (Lipinski definition) is 1. The molecule has 0 aromatic rings. The van der Waals surface area contributed by atoms with E-state index in [9.17, 15) is 9.59 Å². The van der Waals surface area contributed by atoms with Crippen molar-refractivity contribution in [3.8, 4) is 0 Å². The molecule has 0 atom stereocenters. The zero-order valence-electron chi connectivity index (χ0n) is 9.16. The van der Waals surface area contributed by atoms with Crippen LogP contribution in [0.3, 0.4) is 0 Å². The van der Waals surface area contributed by atoms with Gasteiger partial charge < -0.3 is 10.2 Å². The van der Waals surface area contributed by atoms with E-state index in [-0.39, 0.29) is 17.7 Å². The fourth-order valence-corrected chi connectivity index (χ4v) is 2.00. The minimum atomic E-state index is 0.121. The molecule has 15 heavy (non-hydrogen) atoms. The van der Waals surface area contributed by atoms with Crippen LogP contribution in [0.4, 0.5) is 0 Å². The molecule has 1 aliphatic carbocycles. The first kappa shape index (κ1) is 10.5. The van der Waals surface area contributed by atoms with E-state index in [0.29, 0.717) is 6.04 Å². The fourth-order valence-electron chi connectivity index (χ4n) is 2.00. The van der Waals surface area contributed by atoms with Gasteiger partial charge in [0.15, 0.2) is 0 Å². The summed E-state index contributed by atoms with van der Waals surface area (Å²) >= 11 is 0.